The maximum absolute atomic E-state index is 6.18. The minimum Gasteiger partial charge on any atom is -0.496 e. The number of para-hydroxylation sites is 1. The number of benzene rings is 1. The van der Waals surface area contributed by atoms with Crippen LogP contribution >= 0.6 is 0 Å². The van der Waals surface area contributed by atoms with Crippen LogP contribution in [-0.4, -0.2) is 12.1 Å². The Labute approximate surface area is 107 Å². The van der Waals surface area contributed by atoms with E-state index in [0.717, 1.165) is 16.9 Å². The molecule has 1 unspecified atom stereocenters. The van der Waals surface area contributed by atoms with Crippen molar-refractivity contribution in [1.82, 2.24) is 4.98 Å². The number of hydrogen-bond acceptors (Lipinski definition) is 4. The number of nitrogen functional groups attached to an aromatic ring is 1. The second-order valence-corrected chi connectivity index (χ2v) is 4.13. The fourth-order valence-corrected chi connectivity index (χ4v) is 1.95. The van der Waals surface area contributed by atoms with Gasteiger partial charge >= 0.3 is 0 Å². The van der Waals surface area contributed by atoms with Gasteiger partial charge < -0.3 is 16.2 Å². The lowest BCUT2D eigenvalue weighted by Crippen LogP contribution is -2.16. The first-order valence-corrected chi connectivity index (χ1v) is 5.79. The molecule has 0 fully saturated rings. The van der Waals surface area contributed by atoms with Gasteiger partial charge in [0.25, 0.3) is 0 Å². The molecule has 0 radical (unpaired) electrons. The minimum atomic E-state index is -0.185. The zero-order valence-electron chi connectivity index (χ0n) is 10.3. The highest BCUT2D eigenvalue weighted by atomic mass is 16.5. The van der Waals surface area contributed by atoms with Crippen LogP contribution in [0.4, 0.5) is 5.69 Å². The number of aromatic nitrogens is 1. The summed E-state index contributed by atoms with van der Waals surface area (Å²) < 4.78 is 5.31. The van der Waals surface area contributed by atoms with Gasteiger partial charge in [0.2, 0.25) is 0 Å². The van der Waals surface area contributed by atoms with Crippen molar-refractivity contribution in [2.45, 2.75) is 12.5 Å². The number of ether oxygens (including phenoxy) is 1. The lowest BCUT2D eigenvalue weighted by Gasteiger charge is -2.15. The van der Waals surface area contributed by atoms with Crippen LogP contribution < -0.4 is 16.2 Å². The standard InChI is InChI=1S/C14H17N3O/c1-18-14-5-3-2-4-10(14)8-13(16)11-9-17-7-6-12(11)15/h2-7,9,13H,8,16H2,1H3,(H2,15,17). The van der Waals surface area contributed by atoms with Crippen LogP contribution in [0.3, 0.4) is 0 Å². The molecule has 94 valence electrons. The summed E-state index contributed by atoms with van der Waals surface area (Å²) in [6.45, 7) is 0. The van der Waals surface area contributed by atoms with Gasteiger partial charge in [-0.3, -0.25) is 4.98 Å². The number of anilines is 1. The maximum atomic E-state index is 6.18. The van der Waals surface area contributed by atoms with E-state index >= 15 is 0 Å². The highest BCUT2D eigenvalue weighted by Gasteiger charge is 2.12. The molecule has 1 heterocycles. The Hall–Kier alpha value is -2.07. The van der Waals surface area contributed by atoms with Crippen molar-refractivity contribution in [1.29, 1.82) is 0 Å². The van der Waals surface area contributed by atoms with Gasteiger partial charge in [0, 0.05) is 29.7 Å². The van der Waals surface area contributed by atoms with E-state index in [9.17, 15) is 0 Å². The normalized spacial score (nSPS) is 12.1. The molecule has 1 aromatic carbocycles. The van der Waals surface area contributed by atoms with Crippen LogP contribution in [-0.2, 0) is 6.42 Å². The first-order valence-electron chi connectivity index (χ1n) is 5.79. The molecule has 0 saturated heterocycles. The first kappa shape index (κ1) is 12.4. The second kappa shape index (κ2) is 5.51. The lowest BCUT2D eigenvalue weighted by molar-refractivity contribution is 0.408. The van der Waals surface area contributed by atoms with E-state index < -0.39 is 0 Å². The predicted molar refractivity (Wildman–Crippen MR) is 72.3 cm³/mol. The topological polar surface area (TPSA) is 74.2 Å². The van der Waals surface area contributed by atoms with Gasteiger partial charge in [-0.15, -0.1) is 0 Å². The Morgan fingerprint density at radius 3 is 2.78 bits per heavy atom. The summed E-state index contributed by atoms with van der Waals surface area (Å²) >= 11 is 0. The van der Waals surface area contributed by atoms with E-state index in [4.69, 9.17) is 16.2 Å². The quantitative estimate of drug-likeness (QED) is 0.860. The summed E-state index contributed by atoms with van der Waals surface area (Å²) in [6.07, 6.45) is 4.05. The third-order valence-corrected chi connectivity index (χ3v) is 2.92. The number of methoxy groups -OCH3 is 1. The van der Waals surface area contributed by atoms with Crippen molar-refractivity contribution < 1.29 is 4.74 Å². The number of nitrogens with two attached hydrogens (primary N) is 2. The van der Waals surface area contributed by atoms with E-state index in [2.05, 4.69) is 4.98 Å². The summed E-state index contributed by atoms with van der Waals surface area (Å²) in [7, 11) is 1.66. The van der Waals surface area contributed by atoms with Crippen LogP contribution in [0.5, 0.6) is 5.75 Å². The molecule has 2 rings (SSSR count). The molecule has 1 atom stereocenters. The smallest absolute Gasteiger partial charge is 0.122 e. The summed E-state index contributed by atoms with van der Waals surface area (Å²) in [4.78, 5) is 4.06. The molecule has 4 heteroatoms. The number of hydrogen-bond donors (Lipinski definition) is 2. The van der Waals surface area contributed by atoms with E-state index in [1.807, 2.05) is 24.3 Å². The Bertz CT molecular complexity index is 528. The Balaban J connectivity index is 2.21. The zero-order valence-corrected chi connectivity index (χ0v) is 10.3. The average molecular weight is 243 g/mol. The third-order valence-electron chi connectivity index (χ3n) is 2.92. The van der Waals surface area contributed by atoms with Gasteiger partial charge in [-0.2, -0.15) is 0 Å². The molecule has 0 spiro atoms. The molecule has 0 amide bonds. The SMILES string of the molecule is COc1ccccc1CC(N)c1cnccc1N. The summed E-state index contributed by atoms with van der Waals surface area (Å²) in [6, 6.07) is 9.41. The molecule has 1 aromatic heterocycles. The van der Waals surface area contributed by atoms with Crippen LogP contribution in [0.1, 0.15) is 17.2 Å². The Kier molecular flexibility index (Phi) is 3.79. The minimum absolute atomic E-state index is 0.185. The molecule has 0 aliphatic heterocycles. The molecule has 2 aromatic rings. The summed E-state index contributed by atoms with van der Waals surface area (Å²) in [5, 5.41) is 0. The summed E-state index contributed by atoms with van der Waals surface area (Å²) in [5.74, 6) is 0.843. The van der Waals surface area contributed by atoms with Crippen LogP contribution in [0.2, 0.25) is 0 Å². The number of rotatable bonds is 4. The van der Waals surface area contributed by atoms with E-state index in [1.165, 1.54) is 0 Å². The fraction of sp³-hybridized carbons (Fsp3) is 0.214. The third kappa shape index (κ3) is 2.60. The number of pyridine rings is 1. The van der Waals surface area contributed by atoms with Crippen LogP contribution in [0.15, 0.2) is 42.7 Å². The lowest BCUT2D eigenvalue weighted by atomic mass is 9.99. The molecule has 0 aliphatic rings. The first-order chi connectivity index (χ1) is 8.72. The molecule has 0 aliphatic carbocycles. The molecule has 18 heavy (non-hydrogen) atoms. The van der Waals surface area contributed by atoms with Crippen molar-refractivity contribution >= 4 is 5.69 Å². The molecule has 4 nitrogen and oxygen atoms in total. The molecular formula is C14H17N3O. The van der Waals surface area contributed by atoms with E-state index in [0.29, 0.717) is 12.1 Å². The van der Waals surface area contributed by atoms with Gasteiger partial charge in [0.1, 0.15) is 5.75 Å². The van der Waals surface area contributed by atoms with Crippen molar-refractivity contribution in [3.63, 3.8) is 0 Å². The molecular weight excluding hydrogens is 226 g/mol. The Morgan fingerprint density at radius 1 is 1.28 bits per heavy atom. The zero-order chi connectivity index (χ0) is 13.0. The van der Waals surface area contributed by atoms with Crippen molar-refractivity contribution in [3.8, 4) is 5.75 Å². The van der Waals surface area contributed by atoms with Crippen molar-refractivity contribution in [3.05, 3.63) is 53.9 Å². The second-order valence-electron chi connectivity index (χ2n) is 4.13. The largest absolute Gasteiger partial charge is 0.496 e. The maximum Gasteiger partial charge on any atom is 0.122 e. The van der Waals surface area contributed by atoms with Gasteiger partial charge in [-0.1, -0.05) is 18.2 Å². The average Bonchev–Trinajstić information content (AvgIpc) is 2.39. The van der Waals surface area contributed by atoms with Gasteiger partial charge in [-0.05, 0) is 24.1 Å². The van der Waals surface area contributed by atoms with Crippen molar-refractivity contribution in [2.75, 3.05) is 12.8 Å². The van der Waals surface area contributed by atoms with Crippen LogP contribution in [0.25, 0.3) is 0 Å². The van der Waals surface area contributed by atoms with Gasteiger partial charge in [-0.25, -0.2) is 0 Å². The van der Waals surface area contributed by atoms with E-state index in [-0.39, 0.29) is 6.04 Å². The van der Waals surface area contributed by atoms with Gasteiger partial charge in [0.15, 0.2) is 0 Å². The monoisotopic (exact) mass is 243 g/mol. The Morgan fingerprint density at radius 2 is 2.06 bits per heavy atom. The predicted octanol–water partition coefficient (Wildman–Crippen LogP) is 1.91. The molecule has 0 bridgehead atoms. The van der Waals surface area contributed by atoms with Crippen LogP contribution in [0, 0.1) is 0 Å². The highest BCUT2D eigenvalue weighted by Crippen LogP contribution is 2.25. The van der Waals surface area contributed by atoms with Gasteiger partial charge in [0.05, 0.1) is 7.11 Å². The van der Waals surface area contributed by atoms with Crippen molar-refractivity contribution in [2.24, 2.45) is 5.73 Å². The summed E-state index contributed by atoms with van der Waals surface area (Å²) in [5.41, 5.74) is 14.7. The fourth-order valence-electron chi connectivity index (χ4n) is 1.95. The van der Waals surface area contributed by atoms with E-state index in [1.54, 1.807) is 25.6 Å². The highest BCUT2D eigenvalue weighted by molar-refractivity contribution is 5.47. The number of nitrogens with zero attached hydrogens (tertiary/aromatic N) is 1. The molecule has 4 N–H and O–H groups in total. The molecule has 0 saturated carbocycles.